The molecule has 5 aromatic rings. The molecule has 2 heteroatoms. The lowest BCUT2D eigenvalue weighted by Crippen LogP contribution is -2.38. The second-order valence-corrected chi connectivity index (χ2v) is 8.74. The minimum absolute atomic E-state index is 0.189. The summed E-state index contributed by atoms with van der Waals surface area (Å²) < 4.78 is 15.9. The number of pyridine rings is 1. The number of halogens is 1. The first kappa shape index (κ1) is 21.3. The predicted octanol–water partition coefficient (Wildman–Crippen LogP) is 7.67. The van der Waals surface area contributed by atoms with Crippen LogP contribution in [0.15, 0.2) is 97.1 Å². The lowest BCUT2D eigenvalue weighted by atomic mass is 9.97. The van der Waals surface area contributed by atoms with Gasteiger partial charge in [0.25, 0.3) is 0 Å². The van der Waals surface area contributed by atoms with Crippen LogP contribution in [-0.4, -0.2) is 0 Å². The average molecular weight is 435 g/mol. The molecule has 1 aromatic heterocycles. The average Bonchev–Trinajstić information content (AvgIpc) is 2.87. The number of hydrogen-bond donors (Lipinski definition) is 0. The van der Waals surface area contributed by atoms with Crippen molar-refractivity contribution >= 4 is 21.7 Å². The first-order chi connectivity index (χ1) is 16.2. The third-order valence-electron chi connectivity index (χ3n) is 6.52. The van der Waals surface area contributed by atoms with Crippen molar-refractivity contribution in [3.63, 3.8) is 0 Å². The summed E-state index contributed by atoms with van der Waals surface area (Å²) >= 11 is 0. The minimum atomic E-state index is -0.189. The van der Waals surface area contributed by atoms with Crippen LogP contribution in [0.4, 0.5) is 4.39 Å². The normalized spacial score (nSPS) is 11.3. The number of rotatable bonds is 7. The van der Waals surface area contributed by atoms with Crippen LogP contribution in [0, 0.1) is 5.82 Å². The van der Waals surface area contributed by atoms with Crippen molar-refractivity contribution in [3.05, 3.63) is 114 Å². The molecule has 0 saturated carbocycles. The summed E-state index contributed by atoms with van der Waals surface area (Å²) in [6.45, 7) is 3.06. The summed E-state index contributed by atoms with van der Waals surface area (Å²) in [5.41, 5.74) is 6.23. The number of aromatic nitrogens is 1. The Balaban J connectivity index is 1.68. The molecule has 0 aliphatic carbocycles. The van der Waals surface area contributed by atoms with Crippen molar-refractivity contribution in [1.29, 1.82) is 0 Å². The van der Waals surface area contributed by atoms with Gasteiger partial charge in [-0.1, -0.05) is 67.9 Å². The van der Waals surface area contributed by atoms with Gasteiger partial charge >= 0.3 is 0 Å². The highest BCUT2D eigenvalue weighted by atomic mass is 19.1. The van der Waals surface area contributed by atoms with Gasteiger partial charge in [-0.05, 0) is 60.4 Å². The molecule has 1 nitrogen and oxygen atoms in total. The van der Waals surface area contributed by atoms with Crippen LogP contribution in [0.2, 0.25) is 0 Å². The van der Waals surface area contributed by atoms with E-state index in [1.165, 1.54) is 51.3 Å². The highest BCUT2D eigenvalue weighted by molar-refractivity contribution is 6.08. The van der Waals surface area contributed by atoms with E-state index < -0.39 is 0 Å². The Hall–Kier alpha value is -3.52. The summed E-state index contributed by atoms with van der Waals surface area (Å²) in [4.78, 5) is 0. The van der Waals surface area contributed by atoms with Crippen LogP contribution < -0.4 is 4.57 Å². The summed E-state index contributed by atoms with van der Waals surface area (Å²) in [6, 6.07) is 33.3. The Morgan fingerprint density at radius 2 is 1.24 bits per heavy atom. The zero-order valence-electron chi connectivity index (χ0n) is 19.1. The molecule has 164 valence electrons. The molecule has 33 heavy (non-hydrogen) atoms. The van der Waals surface area contributed by atoms with Crippen LogP contribution >= 0.6 is 0 Å². The molecule has 0 saturated heterocycles. The lowest BCUT2D eigenvalue weighted by molar-refractivity contribution is -0.658. The van der Waals surface area contributed by atoms with Crippen LogP contribution in [0.5, 0.6) is 0 Å². The summed E-state index contributed by atoms with van der Waals surface area (Å²) in [5.74, 6) is -0.189. The maximum absolute atomic E-state index is 13.4. The monoisotopic (exact) mass is 434 g/mol. The Labute approximate surface area is 195 Å². The van der Waals surface area contributed by atoms with Gasteiger partial charge in [0.1, 0.15) is 5.82 Å². The van der Waals surface area contributed by atoms with E-state index in [1.54, 1.807) is 12.1 Å². The highest BCUT2D eigenvalue weighted by Crippen LogP contribution is 2.31. The molecule has 0 aliphatic rings. The van der Waals surface area contributed by atoms with Gasteiger partial charge in [-0.3, -0.25) is 0 Å². The van der Waals surface area contributed by atoms with E-state index in [9.17, 15) is 4.39 Å². The van der Waals surface area contributed by atoms with Crippen LogP contribution in [0.3, 0.4) is 0 Å². The van der Waals surface area contributed by atoms with Crippen LogP contribution in [0.25, 0.3) is 32.9 Å². The summed E-state index contributed by atoms with van der Waals surface area (Å²) in [5, 5.41) is 3.79. The molecule has 0 aliphatic heterocycles. The molecule has 0 radical (unpaired) electrons. The third kappa shape index (κ3) is 4.39. The zero-order chi connectivity index (χ0) is 22.6. The Morgan fingerprint density at radius 3 is 1.97 bits per heavy atom. The van der Waals surface area contributed by atoms with Gasteiger partial charge in [0, 0.05) is 23.4 Å². The number of unbranched alkanes of at least 4 members (excludes halogenated alkanes) is 1. The van der Waals surface area contributed by atoms with Gasteiger partial charge in [-0.25, -0.2) is 4.39 Å². The van der Waals surface area contributed by atoms with E-state index in [0.29, 0.717) is 0 Å². The summed E-state index contributed by atoms with van der Waals surface area (Å²) in [6.07, 6.45) is 4.39. The number of benzene rings is 4. The molecular formula is C31H29FN+. The zero-order valence-corrected chi connectivity index (χ0v) is 19.1. The predicted molar refractivity (Wildman–Crippen MR) is 136 cm³/mol. The molecule has 0 spiro atoms. The highest BCUT2D eigenvalue weighted by Gasteiger charge is 2.22. The van der Waals surface area contributed by atoms with E-state index in [0.717, 1.165) is 24.9 Å². The summed E-state index contributed by atoms with van der Waals surface area (Å²) in [7, 11) is 0. The maximum atomic E-state index is 13.4. The van der Waals surface area contributed by atoms with Gasteiger partial charge in [-0.2, -0.15) is 4.57 Å². The van der Waals surface area contributed by atoms with Crippen molar-refractivity contribution in [2.75, 3.05) is 0 Å². The topological polar surface area (TPSA) is 3.88 Å². The SMILES string of the molecule is CCCCc1ccc(-c2c3ccccc3c3ccccc3[n+]2CCc2ccc(F)cc2)cc1. The number of hydrogen-bond acceptors (Lipinski definition) is 0. The quantitative estimate of drug-likeness (QED) is 0.183. The molecule has 5 rings (SSSR count). The second kappa shape index (κ2) is 9.54. The molecule has 0 amide bonds. The second-order valence-electron chi connectivity index (χ2n) is 8.74. The Kier molecular flexibility index (Phi) is 6.17. The van der Waals surface area contributed by atoms with E-state index in [2.05, 4.69) is 84.3 Å². The number of aryl methyl sites for hydroxylation is 3. The molecule has 0 unspecified atom stereocenters. The van der Waals surface area contributed by atoms with E-state index in [-0.39, 0.29) is 5.82 Å². The Bertz CT molecular complexity index is 1390. The number of para-hydroxylation sites is 1. The molecule has 0 bridgehead atoms. The molecule has 0 N–H and O–H groups in total. The van der Waals surface area contributed by atoms with Gasteiger partial charge in [0.2, 0.25) is 11.2 Å². The first-order valence-electron chi connectivity index (χ1n) is 11.9. The van der Waals surface area contributed by atoms with Crippen molar-refractivity contribution in [2.24, 2.45) is 0 Å². The fourth-order valence-corrected chi connectivity index (χ4v) is 4.77. The fraction of sp³-hybridized carbons (Fsp3) is 0.194. The van der Waals surface area contributed by atoms with Gasteiger partial charge in [-0.15, -0.1) is 0 Å². The van der Waals surface area contributed by atoms with Gasteiger partial charge < -0.3 is 0 Å². The number of nitrogens with zero attached hydrogens (tertiary/aromatic N) is 1. The maximum Gasteiger partial charge on any atom is 0.220 e. The van der Waals surface area contributed by atoms with Crippen molar-refractivity contribution in [3.8, 4) is 11.3 Å². The molecule has 4 aromatic carbocycles. The van der Waals surface area contributed by atoms with Crippen LogP contribution in [-0.2, 0) is 19.4 Å². The van der Waals surface area contributed by atoms with E-state index in [4.69, 9.17) is 0 Å². The minimum Gasteiger partial charge on any atom is -0.207 e. The largest absolute Gasteiger partial charge is 0.220 e. The van der Waals surface area contributed by atoms with Gasteiger partial charge in [0.15, 0.2) is 6.54 Å². The third-order valence-corrected chi connectivity index (χ3v) is 6.52. The first-order valence-corrected chi connectivity index (χ1v) is 11.9. The molecule has 1 heterocycles. The van der Waals surface area contributed by atoms with Crippen LogP contribution in [0.1, 0.15) is 30.9 Å². The van der Waals surface area contributed by atoms with E-state index in [1.807, 2.05) is 12.1 Å². The van der Waals surface area contributed by atoms with Gasteiger partial charge in [0.05, 0.1) is 10.8 Å². The Morgan fingerprint density at radius 1 is 0.636 bits per heavy atom. The van der Waals surface area contributed by atoms with Crippen molar-refractivity contribution < 1.29 is 8.96 Å². The molecular weight excluding hydrogens is 405 g/mol. The van der Waals surface area contributed by atoms with Crippen molar-refractivity contribution in [2.45, 2.75) is 39.2 Å². The van der Waals surface area contributed by atoms with Crippen molar-refractivity contribution in [1.82, 2.24) is 0 Å². The fourth-order valence-electron chi connectivity index (χ4n) is 4.77. The lowest BCUT2D eigenvalue weighted by Gasteiger charge is -2.13. The molecule has 0 fully saturated rings. The molecule has 0 atom stereocenters. The van der Waals surface area contributed by atoms with E-state index >= 15 is 0 Å². The smallest absolute Gasteiger partial charge is 0.207 e. The number of fused-ring (bicyclic) bond motifs is 3. The standard InChI is InChI=1S/C31H29FN/c1-2-3-8-23-13-17-25(18-14-23)31-29-11-5-4-9-27(29)28-10-6-7-12-30(28)33(31)22-21-24-15-19-26(32)20-16-24/h4-7,9-20H,2-3,8,21-22H2,1H3/q+1.